The second kappa shape index (κ2) is 6.70. The summed E-state index contributed by atoms with van der Waals surface area (Å²) in [7, 11) is -0.525. The van der Waals surface area contributed by atoms with E-state index in [4.69, 9.17) is 0 Å². The number of hydrogen-bond acceptors (Lipinski definition) is 3. The standard InChI is InChI=1S/C13H19BrFN3O2S/c1-18(2)21(19,20)17-11-6-7-16-12(11)8-9-4-3-5-10(14)13(9)15/h3-5,11-12,16-17H,6-8H2,1-2H3/t11-,12-/m0/s1. The molecular formula is C13H19BrFN3O2S. The van der Waals surface area contributed by atoms with Crippen LogP contribution < -0.4 is 10.0 Å². The van der Waals surface area contributed by atoms with Crippen LogP contribution in [0.5, 0.6) is 0 Å². The number of benzene rings is 1. The fourth-order valence-electron chi connectivity index (χ4n) is 2.36. The Morgan fingerprint density at radius 3 is 2.86 bits per heavy atom. The third kappa shape index (κ3) is 4.01. The zero-order chi connectivity index (χ0) is 15.6. The largest absolute Gasteiger partial charge is 0.312 e. The van der Waals surface area contributed by atoms with Crippen molar-refractivity contribution in [1.29, 1.82) is 0 Å². The summed E-state index contributed by atoms with van der Waals surface area (Å²) >= 11 is 3.16. The fourth-order valence-corrected chi connectivity index (χ4v) is 3.65. The molecule has 1 aromatic carbocycles. The minimum atomic E-state index is -3.48. The molecule has 0 unspecified atom stereocenters. The van der Waals surface area contributed by atoms with Crippen LogP contribution in [-0.4, -0.2) is 45.4 Å². The smallest absolute Gasteiger partial charge is 0.279 e. The van der Waals surface area contributed by atoms with Gasteiger partial charge < -0.3 is 5.32 Å². The van der Waals surface area contributed by atoms with E-state index < -0.39 is 10.2 Å². The maximum atomic E-state index is 14.0. The van der Waals surface area contributed by atoms with Gasteiger partial charge in [-0.1, -0.05) is 12.1 Å². The fraction of sp³-hybridized carbons (Fsp3) is 0.538. The Balaban J connectivity index is 2.11. The van der Waals surface area contributed by atoms with Crippen molar-refractivity contribution in [1.82, 2.24) is 14.3 Å². The van der Waals surface area contributed by atoms with E-state index in [0.29, 0.717) is 29.4 Å². The van der Waals surface area contributed by atoms with Crippen LogP contribution in [0, 0.1) is 5.82 Å². The molecule has 0 aliphatic carbocycles. The molecule has 2 rings (SSSR count). The third-order valence-corrected chi connectivity index (χ3v) is 5.77. The molecule has 1 aliphatic heterocycles. The van der Waals surface area contributed by atoms with Gasteiger partial charge in [0.2, 0.25) is 0 Å². The Morgan fingerprint density at radius 1 is 1.48 bits per heavy atom. The van der Waals surface area contributed by atoms with Gasteiger partial charge in [0.1, 0.15) is 5.82 Å². The molecule has 118 valence electrons. The van der Waals surface area contributed by atoms with E-state index in [1.165, 1.54) is 14.1 Å². The van der Waals surface area contributed by atoms with Crippen molar-refractivity contribution < 1.29 is 12.8 Å². The van der Waals surface area contributed by atoms with Crippen LogP contribution in [0.2, 0.25) is 0 Å². The Labute approximate surface area is 133 Å². The second-order valence-electron chi connectivity index (χ2n) is 5.28. The first kappa shape index (κ1) is 16.8. The number of rotatable bonds is 5. The maximum Gasteiger partial charge on any atom is 0.279 e. The summed E-state index contributed by atoms with van der Waals surface area (Å²) in [5.41, 5.74) is 0.567. The van der Waals surface area contributed by atoms with Crippen LogP contribution in [0.4, 0.5) is 4.39 Å². The van der Waals surface area contributed by atoms with Crippen molar-refractivity contribution >= 4 is 26.1 Å². The molecule has 0 saturated carbocycles. The molecule has 1 aromatic rings. The minimum absolute atomic E-state index is 0.122. The van der Waals surface area contributed by atoms with Crippen molar-refractivity contribution in [2.24, 2.45) is 0 Å². The summed E-state index contributed by atoms with van der Waals surface area (Å²) < 4.78 is 42.1. The molecule has 1 heterocycles. The van der Waals surface area contributed by atoms with Crippen molar-refractivity contribution in [2.45, 2.75) is 24.9 Å². The van der Waals surface area contributed by atoms with Crippen molar-refractivity contribution in [3.63, 3.8) is 0 Å². The summed E-state index contributed by atoms with van der Waals surface area (Å²) in [6.45, 7) is 0.709. The van der Waals surface area contributed by atoms with Crippen LogP contribution in [0.25, 0.3) is 0 Å². The summed E-state index contributed by atoms with van der Waals surface area (Å²) in [5, 5.41) is 3.24. The van der Waals surface area contributed by atoms with E-state index in [0.717, 1.165) is 4.31 Å². The molecule has 0 aromatic heterocycles. The van der Waals surface area contributed by atoms with Crippen LogP contribution >= 0.6 is 15.9 Å². The van der Waals surface area contributed by atoms with Crippen molar-refractivity contribution in [2.75, 3.05) is 20.6 Å². The van der Waals surface area contributed by atoms with Gasteiger partial charge in [-0.05, 0) is 46.9 Å². The van der Waals surface area contributed by atoms with E-state index in [1.54, 1.807) is 18.2 Å². The number of hydrogen-bond donors (Lipinski definition) is 2. The van der Waals surface area contributed by atoms with Gasteiger partial charge in [-0.2, -0.15) is 17.4 Å². The quantitative estimate of drug-likeness (QED) is 0.809. The monoisotopic (exact) mass is 379 g/mol. The molecule has 0 radical (unpaired) electrons. The Morgan fingerprint density at radius 2 is 2.19 bits per heavy atom. The number of nitrogens with one attached hydrogen (secondary N) is 2. The van der Waals surface area contributed by atoms with Gasteiger partial charge in [-0.15, -0.1) is 0 Å². The average molecular weight is 380 g/mol. The van der Waals surface area contributed by atoms with Gasteiger partial charge in [0, 0.05) is 26.2 Å². The molecule has 0 spiro atoms. The Kier molecular flexibility index (Phi) is 5.37. The van der Waals surface area contributed by atoms with Gasteiger partial charge in [0.05, 0.1) is 4.47 Å². The van der Waals surface area contributed by atoms with E-state index in [-0.39, 0.29) is 17.9 Å². The number of halogens is 2. The lowest BCUT2D eigenvalue weighted by Gasteiger charge is -2.23. The lowest BCUT2D eigenvalue weighted by Crippen LogP contribution is -2.48. The molecule has 2 N–H and O–H groups in total. The lowest BCUT2D eigenvalue weighted by atomic mass is 10.0. The summed E-state index contributed by atoms with van der Waals surface area (Å²) in [4.78, 5) is 0. The molecule has 0 amide bonds. The van der Waals surface area contributed by atoms with Crippen LogP contribution in [0.1, 0.15) is 12.0 Å². The molecule has 1 aliphatic rings. The molecule has 8 heteroatoms. The molecule has 1 fully saturated rings. The zero-order valence-corrected chi connectivity index (χ0v) is 14.3. The Hall–Kier alpha value is -0.540. The highest BCUT2D eigenvalue weighted by Crippen LogP contribution is 2.22. The number of nitrogens with zero attached hydrogens (tertiary/aromatic N) is 1. The molecule has 2 atom stereocenters. The average Bonchev–Trinajstić information content (AvgIpc) is 2.81. The zero-order valence-electron chi connectivity index (χ0n) is 11.9. The Bertz CT molecular complexity index is 609. The van der Waals surface area contributed by atoms with E-state index in [9.17, 15) is 12.8 Å². The normalized spacial score (nSPS) is 22.9. The topological polar surface area (TPSA) is 61.4 Å². The minimum Gasteiger partial charge on any atom is -0.312 e. The van der Waals surface area contributed by atoms with Gasteiger partial charge in [-0.3, -0.25) is 0 Å². The summed E-state index contributed by atoms with van der Waals surface area (Å²) in [5.74, 6) is -0.291. The summed E-state index contributed by atoms with van der Waals surface area (Å²) in [6.07, 6.45) is 1.12. The van der Waals surface area contributed by atoms with Crippen molar-refractivity contribution in [3.8, 4) is 0 Å². The van der Waals surface area contributed by atoms with E-state index in [1.807, 2.05) is 0 Å². The maximum absolute atomic E-state index is 14.0. The lowest BCUT2D eigenvalue weighted by molar-refractivity contribution is 0.454. The van der Waals surface area contributed by atoms with E-state index in [2.05, 4.69) is 26.0 Å². The van der Waals surface area contributed by atoms with Gasteiger partial charge in [0.25, 0.3) is 10.2 Å². The first-order valence-corrected chi connectivity index (χ1v) is 8.90. The highest BCUT2D eigenvalue weighted by molar-refractivity contribution is 9.10. The first-order chi connectivity index (χ1) is 9.81. The molecule has 21 heavy (non-hydrogen) atoms. The van der Waals surface area contributed by atoms with Crippen LogP contribution in [0.3, 0.4) is 0 Å². The molecule has 0 bridgehead atoms. The predicted molar refractivity (Wildman–Crippen MR) is 83.7 cm³/mol. The predicted octanol–water partition coefficient (Wildman–Crippen LogP) is 1.26. The first-order valence-electron chi connectivity index (χ1n) is 6.67. The van der Waals surface area contributed by atoms with Gasteiger partial charge >= 0.3 is 0 Å². The van der Waals surface area contributed by atoms with Gasteiger partial charge in [0.15, 0.2) is 0 Å². The summed E-state index contributed by atoms with van der Waals surface area (Å²) in [6, 6.07) is 4.78. The second-order valence-corrected chi connectivity index (χ2v) is 8.05. The van der Waals surface area contributed by atoms with Crippen LogP contribution in [-0.2, 0) is 16.6 Å². The highest BCUT2D eigenvalue weighted by atomic mass is 79.9. The third-order valence-electron chi connectivity index (χ3n) is 3.60. The molecule has 1 saturated heterocycles. The SMILES string of the molecule is CN(C)S(=O)(=O)N[C@H]1CCN[C@H]1Cc1cccc(Br)c1F. The van der Waals surface area contributed by atoms with Gasteiger partial charge in [-0.25, -0.2) is 4.39 Å². The van der Waals surface area contributed by atoms with E-state index >= 15 is 0 Å². The van der Waals surface area contributed by atoms with Crippen molar-refractivity contribution in [3.05, 3.63) is 34.1 Å². The highest BCUT2D eigenvalue weighted by Gasteiger charge is 2.31. The van der Waals surface area contributed by atoms with Crippen LogP contribution in [0.15, 0.2) is 22.7 Å². The molecular weight excluding hydrogens is 361 g/mol. The molecule has 5 nitrogen and oxygen atoms in total.